The minimum absolute atomic E-state index is 0.760. The quantitative estimate of drug-likeness (QED) is 0.680. The van der Waals surface area contributed by atoms with Gasteiger partial charge in [-0.05, 0) is 18.3 Å². The van der Waals surface area contributed by atoms with E-state index in [0.717, 1.165) is 20.2 Å². The Hall–Kier alpha value is -0.640. The number of thiazole rings is 1. The van der Waals surface area contributed by atoms with Crippen LogP contribution in [-0.2, 0) is 7.05 Å². The lowest BCUT2D eigenvalue weighted by Gasteiger charge is -2.04. The van der Waals surface area contributed by atoms with Crippen molar-refractivity contribution in [2.45, 2.75) is 0 Å². The standard InChI is InChI=1S/C10H8ClNS2/c1-12-9(6-14-10(12)13)7-4-2-3-5-8(7)11/h2-6H,1H3. The number of nitrogens with zero attached hydrogens (tertiary/aromatic N) is 1. The molecular formula is C10H8ClNS2. The molecule has 0 amide bonds. The van der Waals surface area contributed by atoms with Gasteiger partial charge in [-0.3, -0.25) is 0 Å². The molecule has 2 aromatic rings. The molecule has 0 atom stereocenters. The average Bonchev–Trinajstić information content (AvgIpc) is 2.49. The molecule has 0 saturated heterocycles. The Kier molecular flexibility index (Phi) is 2.72. The van der Waals surface area contributed by atoms with E-state index in [2.05, 4.69) is 0 Å². The van der Waals surface area contributed by atoms with Crippen LogP contribution in [0.25, 0.3) is 11.3 Å². The lowest BCUT2D eigenvalue weighted by atomic mass is 10.2. The molecule has 0 radical (unpaired) electrons. The Labute approximate surface area is 96.6 Å². The summed E-state index contributed by atoms with van der Waals surface area (Å²) in [6, 6.07) is 7.78. The highest BCUT2D eigenvalue weighted by molar-refractivity contribution is 7.73. The zero-order chi connectivity index (χ0) is 10.1. The average molecular weight is 242 g/mol. The minimum atomic E-state index is 0.760. The predicted molar refractivity (Wildman–Crippen MR) is 64.6 cm³/mol. The normalized spacial score (nSPS) is 10.4. The minimum Gasteiger partial charge on any atom is -0.326 e. The number of hydrogen-bond donors (Lipinski definition) is 0. The van der Waals surface area contributed by atoms with E-state index >= 15 is 0 Å². The maximum Gasteiger partial charge on any atom is 0.161 e. The summed E-state index contributed by atoms with van der Waals surface area (Å²) in [5.41, 5.74) is 2.11. The van der Waals surface area contributed by atoms with E-state index in [9.17, 15) is 0 Å². The fraction of sp³-hybridized carbons (Fsp3) is 0.100. The molecule has 1 aromatic carbocycles. The van der Waals surface area contributed by atoms with Gasteiger partial charge >= 0.3 is 0 Å². The van der Waals surface area contributed by atoms with E-state index in [1.165, 1.54) is 0 Å². The van der Waals surface area contributed by atoms with Gasteiger partial charge in [-0.25, -0.2) is 0 Å². The van der Waals surface area contributed by atoms with Crippen LogP contribution >= 0.6 is 35.2 Å². The molecule has 0 fully saturated rings. The third-order valence-corrected chi connectivity index (χ3v) is 3.77. The topological polar surface area (TPSA) is 4.93 Å². The molecule has 0 bridgehead atoms. The van der Waals surface area contributed by atoms with Crippen molar-refractivity contribution < 1.29 is 0 Å². The second-order valence-electron chi connectivity index (χ2n) is 2.93. The van der Waals surface area contributed by atoms with Crippen molar-refractivity contribution in [3.63, 3.8) is 0 Å². The first-order valence-corrected chi connectivity index (χ1v) is 5.76. The van der Waals surface area contributed by atoms with Crippen molar-refractivity contribution in [1.29, 1.82) is 0 Å². The molecule has 1 aromatic heterocycles. The van der Waals surface area contributed by atoms with Crippen molar-refractivity contribution in [2.24, 2.45) is 7.05 Å². The lowest BCUT2D eigenvalue weighted by Crippen LogP contribution is -1.90. The van der Waals surface area contributed by atoms with Crippen molar-refractivity contribution in [1.82, 2.24) is 4.57 Å². The molecule has 0 unspecified atom stereocenters. The van der Waals surface area contributed by atoms with Crippen molar-refractivity contribution >= 4 is 35.2 Å². The number of benzene rings is 1. The molecule has 4 heteroatoms. The van der Waals surface area contributed by atoms with Gasteiger partial charge < -0.3 is 4.57 Å². The van der Waals surface area contributed by atoms with E-state index in [-0.39, 0.29) is 0 Å². The first-order chi connectivity index (χ1) is 6.70. The van der Waals surface area contributed by atoms with Gasteiger partial charge in [0.1, 0.15) is 0 Å². The summed E-state index contributed by atoms with van der Waals surface area (Å²) in [6.07, 6.45) is 0. The second kappa shape index (κ2) is 3.85. The molecular weight excluding hydrogens is 234 g/mol. The van der Waals surface area contributed by atoms with Crippen LogP contribution in [0.1, 0.15) is 0 Å². The van der Waals surface area contributed by atoms with Crippen LogP contribution in [0.5, 0.6) is 0 Å². The summed E-state index contributed by atoms with van der Waals surface area (Å²) in [5, 5.41) is 2.79. The van der Waals surface area contributed by atoms with Crippen molar-refractivity contribution in [2.75, 3.05) is 0 Å². The summed E-state index contributed by atoms with van der Waals surface area (Å²) < 4.78 is 2.83. The van der Waals surface area contributed by atoms with Gasteiger partial charge in [0.25, 0.3) is 0 Å². The van der Waals surface area contributed by atoms with Crippen LogP contribution in [0.3, 0.4) is 0 Å². The number of hydrogen-bond acceptors (Lipinski definition) is 2. The highest BCUT2D eigenvalue weighted by Crippen LogP contribution is 2.29. The lowest BCUT2D eigenvalue weighted by molar-refractivity contribution is 0.930. The Balaban J connectivity index is 2.66. The monoisotopic (exact) mass is 241 g/mol. The summed E-state index contributed by atoms with van der Waals surface area (Å²) in [4.78, 5) is 0. The molecule has 14 heavy (non-hydrogen) atoms. The van der Waals surface area contributed by atoms with Gasteiger partial charge in [-0.2, -0.15) is 0 Å². The van der Waals surface area contributed by atoms with Crippen LogP contribution in [0.2, 0.25) is 5.02 Å². The van der Waals surface area contributed by atoms with E-state index in [1.54, 1.807) is 11.3 Å². The first-order valence-electron chi connectivity index (χ1n) is 4.09. The molecule has 0 N–H and O–H groups in total. The molecule has 2 rings (SSSR count). The van der Waals surface area contributed by atoms with E-state index < -0.39 is 0 Å². The zero-order valence-electron chi connectivity index (χ0n) is 7.53. The third-order valence-electron chi connectivity index (χ3n) is 2.06. The van der Waals surface area contributed by atoms with E-state index in [0.29, 0.717) is 0 Å². The highest BCUT2D eigenvalue weighted by atomic mass is 35.5. The van der Waals surface area contributed by atoms with Crippen LogP contribution in [-0.4, -0.2) is 4.57 Å². The largest absolute Gasteiger partial charge is 0.326 e. The number of rotatable bonds is 1. The first kappa shape index (κ1) is 9.90. The molecule has 0 saturated carbocycles. The summed E-state index contributed by atoms with van der Waals surface area (Å²) in [6.45, 7) is 0. The molecule has 0 aliphatic rings. The summed E-state index contributed by atoms with van der Waals surface area (Å²) in [5.74, 6) is 0. The van der Waals surface area contributed by atoms with Crippen LogP contribution < -0.4 is 0 Å². The van der Waals surface area contributed by atoms with E-state index in [4.69, 9.17) is 23.8 Å². The van der Waals surface area contributed by atoms with Gasteiger partial charge in [0, 0.05) is 23.0 Å². The van der Waals surface area contributed by atoms with Gasteiger partial charge in [-0.1, -0.05) is 29.8 Å². The molecule has 0 aliphatic carbocycles. The predicted octanol–water partition coefficient (Wildman–Crippen LogP) is 4.14. The number of aromatic nitrogens is 1. The van der Waals surface area contributed by atoms with Gasteiger partial charge in [0.15, 0.2) is 3.95 Å². The van der Waals surface area contributed by atoms with Gasteiger partial charge in [0.2, 0.25) is 0 Å². The molecule has 1 heterocycles. The van der Waals surface area contributed by atoms with Crippen LogP contribution in [0.15, 0.2) is 29.6 Å². The van der Waals surface area contributed by atoms with Crippen LogP contribution in [0.4, 0.5) is 0 Å². The van der Waals surface area contributed by atoms with Crippen LogP contribution in [0, 0.1) is 3.95 Å². The summed E-state index contributed by atoms with van der Waals surface area (Å²) >= 11 is 12.8. The summed E-state index contributed by atoms with van der Waals surface area (Å²) in [7, 11) is 1.96. The fourth-order valence-corrected chi connectivity index (χ4v) is 2.51. The van der Waals surface area contributed by atoms with Crippen molar-refractivity contribution in [3.05, 3.63) is 38.6 Å². The zero-order valence-corrected chi connectivity index (χ0v) is 9.92. The molecule has 72 valence electrons. The fourth-order valence-electron chi connectivity index (χ4n) is 1.28. The number of halogens is 1. The maximum absolute atomic E-state index is 6.10. The third kappa shape index (κ3) is 1.63. The smallest absolute Gasteiger partial charge is 0.161 e. The Morgan fingerprint density at radius 1 is 1.36 bits per heavy atom. The van der Waals surface area contributed by atoms with Crippen molar-refractivity contribution in [3.8, 4) is 11.3 Å². The van der Waals surface area contributed by atoms with Gasteiger partial charge in [0.05, 0.1) is 5.69 Å². The second-order valence-corrected chi connectivity index (χ2v) is 4.84. The highest BCUT2D eigenvalue weighted by Gasteiger charge is 2.06. The van der Waals surface area contributed by atoms with E-state index in [1.807, 2.05) is 41.3 Å². The Morgan fingerprint density at radius 2 is 2.07 bits per heavy atom. The van der Waals surface area contributed by atoms with Gasteiger partial charge in [-0.15, -0.1) is 11.3 Å². The molecule has 0 aliphatic heterocycles. The Bertz CT molecular complexity index is 513. The maximum atomic E-state index is 6.10. The Morgan fingerprint density at radius 3 is 2.64 bits per heavy atom. The molecule has 0 spiro atoms. The molecule has 1 nitrogen and oxygen atoms in total. The SMILES string of the molecule is Cn1c(-c2ccccc2Cl)csc1=S.